The van der Waals surface area contributed by atoms with Crippen molar-refractivity contribution in [2.24, 2.45) is 0 Å². The molecular weight excluding hydrogens is 282 g/mol. The van der Waals surface area contributed by atoms with Crippen LogP contribution in [0.25, 0.3) is 0 Å². The van der Waals surface area contributed by atoms with Gasteiger partial charge < -0.3 is 9.84 Å². The largest absolute Gasteiger partial charge is 0.361 e. The van der Waals surface area contributed by atoms with Crippen LogP contribution in [0.3, 0.4) is 0 Å². The molecule has 122 valence electrons. The number of hydrogen-bond acceptors (Lipinski definition) is 4. The highest BCUT2D eigenvalue weighted by Gasteiger charge is 2.47. The molecule has 0 radical (unpaired) electrons. The zero-order chi connectivity index (χ0) is 16.3. The Bertz CT molecular complexity index is 547. The average Bonchev–Trinajstić information content (AvgIpc) is 2.89. The molecule has 0 saturated carbocycles. The molecule has 0 unspecified atom stereocenters. The fourth-order valence-electron chi connectivity index (χ4n) is 2.85. The maximum absolute atomic E-state index is 12.6. The van der Waals surface area contributed by atoms with Gasteiger partial charge in [0, 0.05) is 5.56 Å². The summed E-state index contributed by atoms with van der Waals surface area (Å²) in [6, 6.07) is -0.331. The maximum atomic E-state index is 12.6. The average molecular weight is 307 g/mol. The molecule has 1 saturated heterocycles. The molecule has 2 heterocycles. The molecule has 1 fully saturated rings. The first kappa shape index (κ1) is 16.5. The van der Waals surface area contributed by atoms with Crippen LogP contribution in [-0.4, -0.2) is 27.5 Å². The van der Waals surface area contributed by atoms with E-state index in [-0.39, 0.29) is 18.5 Å². The summed E-state index contributed by atoms with van der Waals surface area (Å²) in [6.07, 6.45) is 5.00. The number of hydrogen-bond donors (Lipinski definition) is 1. The lowest BCUT2D eigenvalue weighted by Crippen LogP contribution is -2.43. The van der Waals surface area contributed by atoms with Crippen LogP contribution in [0.1, 0.15) is 63.0 Å². The van der Waals surface area contributed by atoms with Crippen molar-refractivity contribution in [2.45, 2.75) is 71.9 Å². The summed E-state index contributed by atoms with van der Waals surface area (Å²) in [6.45, 7) is 7.78. The fourth-order valence-corrected chi connectivity index (χ4v) is 2.85. The Morgan fingerprint density at radius 1 is 1.23 bits per heavy atom. The Balaban J connectivity index is 2.05. The zero-order valence-corrected chi connectivity index (χ0v) is 13.9. The second kappa shape index (κ2) is 6.50. The van der Waals surface area contributed by atoms with Gasteiger partial charge in [0.05, 0.1) is 12.2 Å². The van der Waals surface area contributed by atoms with E-state index in [2.05, 4.69) is 17.4 Å². The Kier molecular flexibility index (Phi) is 4.88. The van der Waals surface area contributed by atoms with Crippen molar-refractivity contribution < 1.29 is 14.1 Å². The van der Waals surface area contributed by atoms with Gasteiger partial charge in [-0.3, -0.25) is 9.69 Å². The van der Waals surface area contributed by atoms with Crippen LogP contribution in [0.15, 0.2) is 4.52 Å². The third-order valence-corrected chi connectivity index (χ3v) is 4.37. The number of aromatic nitrogens is 1. The van der Waals surface area contributed by atoms with Crippen molar-refractivity contribution in [3.8, 4) is 0 Å². The summed E-state index contributed by atoms with van der Waals surface area (Å²) in [7, 11) is 0. The highest BCUT2D eigenvalue weighted by Crippen LogP contribution is 2.26. The number of carbonyl (C=O) groups is 2. The van der Waals surface area contributed by atoms with E-state index in [0.29, 0.717) is 12.2 Å². The van der Waals surface area contributed by atoms with E-state index in [1.165, 1.54) is 4.90 Å². The van der Waals surface area contributed by atoms with E-state index >= 15 is 0 Å². The maximum Gasteiger partial charge on any atom is 0.325 e. The third kappa shape index (κ3) is 3.15. The van der Waals surface area contributed by atoms with Crippen LogP contribution in [0.2, 0.25) is 0 Å². The zero-order valence-electron chi connectivity index (χ0n) is 13.9. The lowest BCUT2D eigenvalue weighted by molar-refractivity contribution is -0.131. The number of carbonyl (C=O) groups excluding carboxylic acids is 2. The van der Waals surface area contributed by atoms with Gasteiger partial charge in [-0.15, -0.1) is 0 Å². The first-order valence-corrected chi connectivity index (χ1v) is 7.95. The molecule has 1 aromatic heterocycles. The summed E-state index contributed by atoms with van der Waals surface area (Å²) in [5, 5.41) is 6.71. The molecule has 6 heteroatoms. The monoisotopic (exact) mass is 307 g/mol. The summed E-state index contributed by atoms with van der Waals surface area (Å²) >= 11 is 0. The van der Waals surface area contributed by atoms with E-state index in [9.17, 15) is 9.59 Å². The van der Waals surface area contributed by atoms with E-state index in [4.69, 9.17) is 4.52 Å². The molecule has 1 aliphatic rings. The summed E-state index contributed by atoms with van der Waals surface area (Å²) in [5.41, 5.74) is 0.734. The van der Waals surface area contributed by atoms with Crippen molar-refractivity contribution in [3.05, 3.63) is 17.0 Å². The molecule has 6 nitrogen and oxygen atoms in total. The van der Waals surface area contributed by atoms with Crippen LogP contribution in [0, 0.1) is 13.8 Å². The second-order valence-electron chi connectivity index (χ2n) is 6.27. The van der Waals surface area contributed by atoms with Gasteiger partial charge in [-0.05, 0) is 27.2 Å². The molecular formula is C16H25N3O3. The minimum absolute atomic E-state index is 0.158. The van der Waals surface area contributed by atoms with Crippen molar-refractivity contribution in [3.63, 3.8) is 0 Å². The van der Waals surface area contributed by atoms with Gasteiger partial charge >= 0.3 is 6.03 Å². The predicted octanol–water partition coefficient (Wildman–Crippen LogP) is 3.07. The summed E-state index contributed by atoms with van der Waals surface area (Å²) in [5.74, 6) is 0.489. The minimum Gasteiger partial charge on any atom is -0.361 e. The van der Waals surface area contributed by atoms with Crippen molar-refractivity contribution in [1.82, 2.24) is 15.4 Å². The van der Waals surface area contributed by atoms with Gasteiger partial charge in [0.25, 0.3) is 5.91 Å². The molecule has 0 bridgehead atoms. The topological polar surface area (TPSA) is 75.4 Å². The number of urea groups is 1. The van der Waals surface area contributed by atoms with Crippen LogP contribution in [0.5, 0.6) is 0 Å². The molecule has 0 aliphatic carbocycles. The molecule has 1 aliphatic heterocycles. The first-order valence-electron chi connectivity index (χ1n) is 7.95. The molecule has 3 amide bonds. The van der Waals surface area contributed by atoms with Crippen molar-refractivity contribution in [2.75, 3.05) is 0 Å². The Morgan fingerprint density at radius 3 is 2.55 bits per heavy atom. The number of rotatable bonds is 7. The smallest absolute Gasteiger partial charge is 0.325 e. The Morgan fingerprint density at radius 2 is 1.95 bits per heavy atom. The van der Waals surface area contributed by atoms with Crippen molar-refractivity contribution >= 4 is 11.9 Å². The van der Waals surface area contributed by atoms with Gasteiger partial charge in [-0.25, -0.2) is 4.79 Å². The summed E-state index contributed by atoms with van der Waals surface area (Å²) < 4.78 is 5.10. The predicted molar refractivity (Wildman–Crippen MR) is 82.2 cm³/mol. The van der Waals surface area contributed by atoms with E-state index in [0.717, 1.165) is 36.9 Å². The fraction of sp³-hybridized carbons (Fsp3) is 0.688. The molecule has 1 N–H and O–H groups in total. The molecule has 1 aromatic rings. The number of imide groups is 1. The minimum atomic E-state index is -0.788. The summed E-state index contributed by atoms with van der Waals surface area (Å²) in [4.78, 5) is 26.1. The van der Waals surface area contributed by atoms with E-state index < -0.39 is 5.54 Å². The quantitative estimate of drug-likeness (QED) is 0.620. The normalized spacial score (nSPS) is 21.5. The van der Waals surface area contributed by atoms with Crippen LogP contribution < -0.4 is 5.32 Å². The third-order valence-electron chi connectivity index (χ3n) is 4.37. The van der Waals surface area contributed by atoms with Crippen molar-refractivity contribution in [1.29, 1.82) is 0 Å². The number of amides is 3. The Hall–Kier alpha value is -1.85. The number of nitrogens with zero attached hydrogens (tertiary/aromatic N) is 2. The van der Waals surface area contributed by atoms with Gasteiger partial charge in [-0.2, -0.15) is 0 Å². The first-order chi connectivity index (χ1) is 10.4. The lowest BCUT2D eigenvalue weighted by atomic mass is 9.94. The van der Waals surface area contributed by atoms with E-state index in [1.54, 1.807) is 6.92 Å². The van der Waals surface area contributed by atoms with Gasteiger partial charge in [0.15, 0.2) is 0 Å². The van der Waals surface area contributed by atoms with Crippen LogP contribution in [-0.2, 0) is 11.3 Å². The van der Waals surface area contributed by atoms with Gasteiger partial charge in [0.2, 0.25) is 0 Å². The molecule has 0 aromatic carbocycles. The highest BCUT2D eigenvalue weighted by molar-refractivity contribution is 6.06. The highest BCUT2D eigenvalue weighted by atomic mass is 16.5. The molecule has 22 heavy (non-hydrogen) atoms. The van der Waals surface area contributed by atoms with Gasteiger partial charge in [-0.1, -0.05) is 37.8 Å². The molecule has 1 atom stereocenters. The standard InChI is InChI=1S/C16H25N3O3/c1-5-6-7-8-9-16(4)14(20)19(15(21)17-16)10-13-11(2)18-22-12(13)3/h5-10H2,1-4H3,(H,17,21)/t16-/m0/s1. The second-order valence-corrected chi connectivity index (χ2v) is 6.27. The lowest BCUT2D eigenvalue weighted by Gasteiger charge is -2.21. The number of unbranched alkanes of at least 4 members (excludes halogenated alkanes) is 3. The Labute approximate surface area is 131 Å². The van der Waals surface area contributed by atoms with E-state index in [1.807, 2.05) is 13.8 Å². The SMILES string of the molecule is CCCCCC[C@]1(C)NC(=O)N(Cc2c(C)noc2C)C1=O. The van der Waals surface area contributed by atoms with Gasteiger partial charge in [0.1, 0.15) is 11.3 Å². The molecule has 2 rings (SSSR count). The van der Waals surface area contributed by atoms with Crippen LogP contribution in [0.4, 0.5) is 4.79 Å². The van der Waals surface area contributed by atoms with Crippen LogP contribution >= 0.6 is 0 Å². The number of aryl methyl sites for hydroxylation is 2. The number of nitrogens with one attached hydrogen (secondary N) is 1. The molecule has 0 spiro atoms.